The van der Waals surface area contributed by atoms with Crippen LogP contribution in [0.1, 0.15) is 52.4 Å². The van der Waals surface area contributed by atoms with E-state index in [1.54, 1.807) is 0 Å². The van der Waals surface area contributed by atoms with E-state index in [-0.39, 0.29) is 5.60 Å². The quantitative estimate of drug-likeness (QED) is 0.552. The van der Waals surface area contributed by atoms with Gasteiger partial charge in [0.2, 0.25) is 0 Å². The molecule has 1 fully saturated rings. The highest BCUT2D eigenvalue weighted by atomic mass is 16.5. The van der Waals surface area contributed by atoms with Crippen molar-refractivity contribution in [3.63, 3.8) is 0 Å². The highest BCUT2D eigenvalue weighted by Crippen LogP contribution is 2.27. The zero-order chi connectivity index (χ0) is 11.9. The first-order valence-electron chi connectivity index (χ1n) is 6.51. The minimum Gasteiger partial charge on any atom is -0.375 e. The van der Waals surface area contributed by atoms with E-state index in [0.717, 1.165) is 45.3 Å². The number of terminal acetylenes is 1. The van der Waals surface area contributed by atoms with Gasteiger partial charge in [-0.05, 0) is 45.6 Å². The molecule has 0 radical (unpaired) electrons. The van der Waals surface area contributed by atoms with Crippen LogP contribution in [0.15, 0.2) is 0 Å². The van der Waals surface area contributed by atoms with Gasteiger partial charge in [0.1, 0.15) is 0 Å². The van der Waals surface area contributed by atoms with Gasteiger partial charge in [0, 0.05) is 19.1 Å². The number of unbranched alkanes of at least 4 members (excludes halogenated alkanes) is 2. The lowest BCUT2D eigenvalue weighted by Crippen LogP contribution is -2.45. The molecule has 0 aromatic heterocycles. The molecule has 0 aromatic carbocycles. The zero-order valence-electron chi connectivity index (χ0n) is 10.7. The van der Waals surface area contributed by atoms with Crippen LogP contribution >= 0.6 is 0 Å². The smallest absolute Gasteiger partial charge is 0.0666 e. The second-order valence-electron chi connectivity index (χ2n) is 4.96. The fourth-order valence-corrected chi connectivity index (χ4v) is 2.21. The summed E-state index contributed by atoms with van der Waals surface area (Å²) < 4.78 is 5.82. The Hall–Kier alpha value is -0.520. The van der Waals surface area contributed by atoms with Crippen molar-refractivity contribution in [3.8, 4) is 12.3 Å². The van der Waals surface area contributed by atoms with E-state index in [1.807, 2.05) is 0 Å². The first-order chi connectivity index (χ1) is 7.70. The van der Waals surface area contributed by atoms with Crippen LogP contribution in [-0.4, -0.2) is 24.8 Å². The minimum atomic E-state index is 0.0920. The predicted octanol–water partition coefficient (Wildman–Crippen LogP) is 2.73. The van der Waals surface area contributed by atoms with Gasteiger partial charge >= 0.3 is 0 Å². The van der Waals surface area contributed by atoms with Crippen LogP contribution in [0.5, 0.6) is 0 Å². The summed E-state index contributed by atoms with van der Waals surface area (Å²) in [6, 6.07) is 0.629. The second-order valence-corrected chi connectivity index (χ2v) is 4.96. The van der Waals surface area contributed by atoms with Gasteiger partial charge in [0.25, 0.3) is 0 Å². The van der Waals surface area contributed by atoms with E-state index in [0.29, 0.717) is 6.04 Å². The number of ether oxygens (including phenoxy) is 1. The molecule has 0 amide bonds. The van der Waals surface area contributed by atoms with E-state index >= 15 is 0 Å². The van der Waals surface area contributed by atoms with Crippen LogP contribution in [-0.2, 0) is 4.74 Å². The molecule has 2 unspecified atom stereocenters. The van der Waals surface area contributed by atoms with Crippen LogP contribution in [0.3, 0.4) is 0 Å². The summed E-state index contributed by atoms with van der Waals surface area (Å²) >= 11 is 0. The molecule has 1 N–H and O–H groups in total. The average Bonchev–Trinajstić information content (AvgIpc) is 2.29. The largest absolute Gasteiger partial charge is 0.375 e. The molecule has 0 saturated carbocycles. The maximum Gasteiger partial charge on any atom is 0.0666 e. The Bertz CT molecular complexity index is 233. The maximum atomic E-state index is 5.82. The van der Waals surface area contributed by atoms with Gasteiger partial charge in [0.05, 0.1) is 5.60 Å². The predicted molar refractivity (Wildman–Crippen MR) is 68.4 cm³/mol. The van der Waals surface area contributed by atoms with Crippen molar-refractivity contribution in [2.75, 3.05) is 13.2 Å². The van der Waals surface area contributed by atoms with Crippen LogP contribution < -0.4 is 5.32 Å². The van der Waals surface area contributed by atoms with Gasteiger partial charge in [-0.2, -0.15) is 0 Å². The van der Waals surface area contributed by atoms with Crippen molar-refractivity contribution in [2.45, 2.75) is 64.0 Å². The Morgan fingerprint density at radius 2 is 2.31 bits per heavy atom. The maximum absolute atomic E-state index is 5.82. The number of rotatable bonds is 6. The number of hydrogen-bond donors (Lipinski definition) is 1. The topological polar surface area (TPSA) is 21.3 Å². The van der Waals surface area contributed by atoms with E-state index in [4.69, 9.17) is 11.2 Å². The molecule has 1 rings (SSSR count). The SMILES string of the molecule is C#CCCCCNC1CCOC(C)(CC)C1. The summed E-state index contributed by atoms with van der Waals surface area (Å²) in [7, 11) is 0. The lowest BCUT2D eigenvalue weighted by molar-refractivity contribution is -0.0778. The summed E-state index contributed by atoms with van der Waals surface area (Å²) in [6.07, 6.45) is 11.8. The van der Waals surface area contributed by atoms with Gasteiger partial charge < -0.3 is 10.1 Å². The van der Waals surface area contributed by atoms with Gasteiger partial charge in [0.15, 0.2) is 0 Å². The lowest BCUT2D eigenvalue weighted by atomic mass is 9.90. The monoisotopic (exact) mass is 223 g/mol. The normalized spacial score (nSPS) is 29.9. The fraction of sp³-hybridized carbons (Fsp3) is 0.857. The summed E-state index contributed by atoms with van der Waals surface area (Å²) in [4.78, 5) is 0. The molecule has 0 spiro atoms. The third kappa shape index (κ3) is 4.55. The molecular formula is C14H25NO. The van der Waals surface area contributed by atoms with Crippen LogP contribution in [0, 0.1) is 12.3 Å². The second kappa shape index (κ2) is 6.93. The first-order valence-corrected chi connectivity index (χ1v) is 6.51. The Morgan fingerprint density at radius 1 is 1.50 bits per heavy atom. The summed E-state index contributed by atoms with van der Waals surface area (Å²) in [5.74, 6) is 2.68. The molecule has 1 saturated heterocycles. The molecule has 0 bridgehead atoms. The molecule has 16 heavy (non-hydrogen) atoms. The molecule has 92 valence electrons. The van der Waals surface area contributed by atoms with Gasteiger partial charge in [-0.3, -0.25) is 0 Å². The first kappa shape index (κ1) is 13.5. The molecule has 2 atom stereocenters. The number of nitrogens with one attached hydrogen (secondary N) is 1. The summed E-state index contributed by atoms with van der Waals surface area (Å²) in [5.41, 5.74) is 0.0920. The molecule has 1 aliphatic heterocycles. The van der Waals surface area contributed by atoms with E-state index in [9.17, 15) is 0 Å². The molecule has 2 heteroatoms. The zero-order valence-corrected chi connectivity index (χ0v) is 10.7. The van der Waals surface area contributed by atoms with Crippen molar-refractivity contribution in [3.05, 3.63) is 0 Å². The lowest BCUT2D eigenvalue weighted by Gasteiger charge is -2.38. The van der Waals surface area contributed by atoms with Crippen LogP contribution in [0.2, 0.25) is 0 Å². The average molecular weight is 223 g/mol. The van der Waals surface area contributed by atoms with Crippen molar-refractivity contribution in [1.82, 2.24) is 5.32 Å². The van der Waals surface area contributed by atoms with Crippen LogP contribution in [0.4, 0.5) is 0 Å². The van der Waals surface area contributed by atoms with E-state index < -0.39 is 0 Å². The minimum absolute atomic E-state index is 0.0920. The Kier molecular flexibility index (Phi) is 5.87. The van der Waals surface area contributed by atoms with Crippen molar-refractivity contribution >= 4 is 0 Å². The Morgan fingerprint density at radius 3 is 3.00 bits per heavy atom. The van der Waals surface area contributed by atoms with Crippen molar-refractivity contribution in [2.24, 2.45) is 0 Å². The van der Waals surface area contributed by atoms with Crippen molar-refractivity contribution in [1.29, 1.82) is 0 Å². The van der Waals surface area contributed by atoms with Crippen LogP contribution in [0.25, 0.3) is 0 Å². The molecule has 1 aliphatic rings. The van der Waals surface area contributed by atoms with Gasteiger partial charge in [-0.1, -0.05) is 6.92 Å². The molecule has 0 aromatic rings. The highest BCUT2D eigenvalue weighted by molar-refractivity contribution is 4.86. The molecule has 1 heterocycles. The fourth-order valence-electron chi connectivity index (χ4n) is 2.21. The molecule has 0 aliphatic carbocycles. The van der Waals surface area contributed by atoms with Gasteiger partial charge in [-0.25, -0.2) is 0 Å². The number of hydrogen-bond acceptors (Lipinski definition) is 2. The highest BCUT2D eigenvalue weighted by Gasteiger charge is 2.30. The van der Waals surface area contributed by atoms with E-state index in [2.05, 4.69) is 25.1 Å². The third-order valence-electron chi connectivity index (χ3n) is 3.52. The summed E-state index contributed by atoms with van der Waals surface area (Å²) in [5, 5.41) is 3.62. The standard InChI is InChI=1S/C14H25NO/c1-4-6-7-8-10-15-13-9-11-16-14(3,5-2)12-13/h1,13,15H,5-12H2,2-3H3. The Labute approximate surface area is 100 Å². The summed E-state index contributed by atoms with van der Waals surface area (Å²) in [6.45, 7) is 6.41. The van der Waals surface area contributed by atoms with Gasteiger partial charge in [-0.15, -0.1) is 12.3 Å². The van der Waals surface area contributed by atoms with E-state index in [1.165, 1.54) is 6.42 Å². The molecule has 2 nitrogen and oxygen atoms in total. The van der Waals surface area contributed by atoms with Crippen molar-refractivity contribution < 1.29 is 4.74 Å². The Balaban J connectivity index is 2.15. The third-order valence-corrected chi connectivity index (χ3v) is 3.52. The molecular weight excluding hydrogens is 198 g/mol.